The summed E-state index contributed by atoms with van der Waals surface area (Å²) in [5.74, 6) is 1.84. The Morgan fingerprint density at radius 2 is 1.61 bits per heavy atom. The molecule has 0 aromatic heterocycles. The van der Waals surface area contributed by atoms with Crippen LogP contribution in [-0.4, -0.2) is 12.5 Å². The van der Waals surface area contributed by atoms with Crippen molar-refractivity contribution >= 4 is 11.6 Å². The van der Waals surface area contributed by atoms with Crippen LogP contribution in [0.2, 0.25) is 0 Å². The lowest BCUT2D eigenvalue weighted by atomic mass is 10.2. The fraction of sp³-hybridized carbons (Fsp3) is 0.130. The standard InChI is InChI=1S/C23H20N2O3/c24-15-4-5-16-27-22-10-6-7-19(17-22)25-23(26)18-11-13-21(14-12-18)28-20-8-2-1-3-9-20/h1-3,6-14,17H,4-5,16H2,(H,25,26). The third kappa shape index (κ3) is 5.61. The first-order valence-electron chi connectivity index (χ1n) is 8.99. The lowest BCUT2D eigenvalue weighted by Gasteiger charge is -2.09. The molecule has 3 rings (SSSR count). The average Bonchev–Trinajstić information content (AvgIpc) is 2.73. The molecule has 5 nitrogen and oxygen atoms in total. The lowest BCUT2D eigenvalue weighted by molar-refractivity contribution is 0.102. The summed E-state index contributed by atoms with van der Waals surface area (Å²) in [6, 6.07) is 25.7. The highest BCUT2D eigenvalue weighted by Gasteiger charge is 2.07. The van der Waals surface area contributed by atoms with Crippen LogP contribution in [-0.2, 0) is 0 Å². The SMILES string of the molecule is N#CCCCOc1cccc(NC(=O)c2ccc(Oc3ccccc3)cc2)c1. The topological polar surface area (TPSA) is 71.3 Å². The summed E-state index contributed by atoms with van der Waals surface area (Å²) >= 11 is 0. The van der Waals surface area contributed by atoms with E-state index < -0.39 is 0 Å². The van der Waals surface area contributed by atoms with Gasteiger partial charge in [0.25, 0.3) is 5.91 Å². The highest BCUT2D eigenvalue weighted by molar-refractivity contribution is 6.04. The number of rotatable bonds is 8. The highest BCUT2D eigenvalue weighted by atomic mass is 16.5. The number of carbonyl (C=O) groups is 1. The number of anilines is 1. The summed E-state index contributed by atoms with van der Waals surface area (Å²) in [5, 5.41) is 11.4. The Morgan fingerprint density at radius 1 is 0.893 bits per heavy atom. The second-order valence-corrected chi connectivity index (χ2v) is 6.03. The minimum Gasteiger partial charge on any atom is -0.493 e. The van der Waals surface area contributed by atoms with Crippen LogP contribution in [0, 0.1) is 11.3 Å². The van der Waals surface area contributed by atoms with E-state index in [1.54, 1.807) is 36.4 Å². The monoisotopic (exact) mass is 372 g/mol. The molecular weight excluding hydrogens is 352 g/mol. The maximum Gasteiger partial charge on any atom is 0.255 e. The number of amides is 1. The number of para-hydroxylation sites is 1. The van der Waals surface area contributed by atoms with Crippen molar-refractivity contribution in [3.63, 3.8) is 0 Å². The molecule has 1 N–H and O–H groups in total. The molecule has 0 heterocycles. The normalized spacial score (nSPS) is 9.96. The summed E-state index contributed by atoms with van der Waals surface area (Å²) < 4.78 is 11.3. The average molecular weight is 372 g/mol. The molecule has 1 amide bonds. The molecule has 0 spiro atoms. The number of nitrogens with zero attached hydrogens (tertiary/aromatic N) is 1. The Morgan fingerprint density at radius 3 is 2.36 bits per heavy atom. The van der Waals surface area contributed by atoms with Crippen molar-refractivity contribution in [3.8, 4) is 23.3 Å². The zero-order valence-electron chi connectivity index (χ0n) is 15.3. The molecule has 140 valence electrons. The maximum atomic E-state index is 12.5. The second-order valence-electron chi connectivity index (χ2n) is 6.03. The van der Waals surface area contributed by atoms with Gasteiger partial charge >= 0.3 is 0 Å². The smallest absolute Gasteiger partial charge is 0.255 e. The van der Waals surface area contributed by atoms with Gasteiger partial charge in [-0.15, -0.1) is 0 Å². The van der Waals surface area contributed by atoms with Crippen molar-refractivity contribution in [3.05, 3.63) is 84.4 Å². The first-order chi connectivity index (χ1) is 13.7. The van der Waals surface area contributed by atoms with Gasteiger partial charge in [-0.05, 0) is 55.0 Å². The minimum absolute atomic E-state index is 0.215. The fourth-order valence-electron chi connectivity index (χ4n) is 2.51. The first-order valence-corrected chi connectivity index (χ1v) is 8.99. The number of hydrogen-bond donors (Lipinski definition) is 1. The Bertz CT molecular complexity index is 948. The van der Waals surface area contributed by atoms with Crippen molar-refractivity contribution in [2.24, 2.45) is 0 Å². The molecule has 3 aromatic rings. The minimum atomic E-state index is -0.215. The van der Waals surface area contributed by atoms with E-state index in [9.17, 15) is 4.79 Å². The molecule has 5 heteroatoms. The summed E-state index contributed by atoms with van der Waals surface area (Å²) in [4.78, 5) is 12.5. The van der Waals surface area contributed by atoms with Crippen molar-refractivity contribution in [2.45, 2.75) is 12.8 Å². The fourth-order valence-corrected chi connectivity index (χ4v) is 2.51. The van der Waals surface area contributed by atoms with Crippen molar-refractivity contribution < 1.29 is 14.3 Å². The molecule has 0 fully saturated rings. The van der Waals surface area contributed by atoms with Gasteiger partial charge in [-0.2, -0.15) is 5.26 Å². The molecule has 3 aromatic carbocycles. The molecule has 0 unspecified atom stereocenters. The van der Waals surface area contributed by atoms with Gasteiger partial charge in [-0.1, -0.05) is 24.3 Å². The van der Waals surface area contributed by atoms with E-state index in [0.717, 1.165) is 5.75 Å². The van der Waals surface area contributed by atoms with Crippen LogP contribution in [0.25, 0.3) is 0 Å². The van der Waals surface area contributed by atoms with Gasteiger partial charge in [0.1, 0.15) is 17.2 Å². The molecule has 0 aliphatic rings. The number of benzene rings is 3. The summed E-state index contributed by atoms with van der Waals surface area (Å²) in [7, 11) is 0. The van der Waals surface area contributed by atoms with Crippen LogP contribution in [0.1, 0.15) is 23.2 Å². The molecular formula is C23H20N2O3. The van der Waals surface area contributed by atoms with E-state index in [2.05, 4.69) is 11.4 Å². The Kier molecular flexibility index (Phi) is 6.64. The van der Waals surface area contributed by atoms with Crippen LogP contribution in [0.15, 0.2) is 78.9 Å². The quantitative estimate of drug-likeness (QED) is 0.536. The molecule has 28 heavy (non-hydrogen) atoms. The summed E-state index contributed by atoms with van der Waals surface area (Å²) in [6.07, 6.45) is 1.13. The summed E-state index contributed by atoms with van der Waals surface area (Å²) in [6.45, 7) is 0.466. The van der Waals surface area contributed by atoms with Crippen molar-refractivity contribution in [1.29, 1.82) is 5.26 Å². The Hall–Kier alpha value is -3.78. The first kappa shape index (κ1) is 19.0. The van der Waals surface area contributed by atoms with E-state index in [-0.39, 0.29) is 5.91 Å². The Labute approximate surface area is 164 Å². The van der Waals surface area contributed by atoms with E-state index in [4.69, 9.17) is 14.7 Å². The van der Waals surface area contributed by atoms with E-state index in [1.807, 2.05) is 42.5 Å². The molecule has 0 bridgehead atoms. The number of nitriles is 1. The van der Waals surface area contributed by atoms with Crippen LogP contribution in [0.4, 0.5) is 5.69 Å². The molecule has 0 aliphatic heterocycles. The zero-order chi connectivity index (χ0) is 19.6. The number of carbonyl (C=O) groups excluding carboxylic acids is 1. The van der Waals surface area contributed by atoms with Crippen molar-refractivity contribution in [2.75, 3.05) is 11.9 Å². The van der Waals surface area contributed by atoms with E-state index in [1.165, 1.54) is 0 Å². The van der Waals surface area contributed by atoms with Gasteiger partial charge in [-0.3, -0.25) is 4.79 Å². The van der Waals surface area contributed by atoms with E-state index in [0.29, 0.717) is 42.2 Å². The number of nitrogens with one attached hydrogen (secondary N) is 1. The lowest BCUT2D eigenvalue weighted by Crippen LogP contribution is -2.11. The van der Waals surface area contributed by atoms with Crippen LogP contribution in [0.3, 0.4) is 0 Å². The number of unbranched alkanes of at least 4 members (excludes halogenated alkanes) is 1. The zero-order valence-corrected chi connectivity index (χ0v) is 15.3. The summed E-state index contributed by atoms with van der Waals surface area (Å²) in [5.41, 5.74) is 1.17. The van der Waals surface area contributed by atoms with Gasteiger partial charge in [0.15, 0.2) is 0 Å². The predicted molar refractivity (Wildman–Crippen MR) is 108 cm³/mol. The second kappa shape index (κ2) is 9.79. The predicted octanol–water partition coefficient (Wildman–Crippen LogP) is 5.41. The Balaban J connectivity index is 1.58. The van der Waals surface area contributed by atoms with E-state index >= 15 is 0 Å². The van der Waals surface area contributed by atoms with Gasteiger partial charge in [0.05, 0.1) is 12.7 Å². The van der Waals surface area contributed by atoms with Crippen molar-refractivity contribution in [1.82, 2.24) is 0 Å². The third-order valence-electron chi connectivity index (χ3n) is 3.89. The number of ether oxygens (including phenoxy) is 2. The van der Waals surface area contributed by atoms with Gasteiger partial charge in [-0.25, -0.2) is 0 Å². The highest BCUT2D eigenvalue weighted by Crippen LogP contribution is 2.22. The number of hydrogen-bond acceptors (Lipinski definition) is 4. The van der Waals surface area contributed by atoms with Crippen LogP contribution < -0.4 is 14.8 Å². The molecule has 0 atom stereocenters. The largest absolute Gasteiger partial charge is 0.493 e. The van der Waals surface area contributed by atoms with Gasteiger partial charge in [0.2, 0.25) is 0 Å². The molecule has 0 aliphatic carbocycles. The third-order valence-corrected chi connectivity index (χ3v) is 3.89. The van der Waals surface area contributed by atoms with Gasteiger partial charge < -0.3 is 14.8 Å². The maximum absolute atomic E-state index is 12.5. The molecule has 0 saturated heterocycles. The van der Waals surface area contributed by atoms with Gasteiger partial charge in [0, 0.05) is 23.7 Å². The molecule has 0 radical (unpaired) electrons. The van der Waals surface area contributed by atoms with Crippen LogP contribution in [0.5, 0.6) is 17.2 Å². The molecule has 0 saturated carbocycles. The van der Waals surface area contributed by atoms with Crippen LogP contribution >= 0.6 is 0 Å².